The largest absolute Gasteiger partial charge is 0.369 e. The molecular weight excluding hydrogens is 485 g/mol. The molecule has 0 N–H and O–H groups in total. The summed E-state index contributed by atoms with van der Waals surface area (Å²) in [7, 11) is 0. The first kappa shape index (κ1) is 23.1. The number of ether oxygens (including phenoxy) is 1. The van der Waals surface area contributed by atoms with E-state index in [4.69, 9.17) is 14.8 Å². The molecule has 3 saturated heterocycles. The van der Waals surface area contributed by atoms with E-state index >= 15 is 0 Å². The fraction of sp³-hybridized carbons (Fsp3) is 0.357. The van der Waals surface area contributed by atoms with Gasteiger partial charge in [0.05, 0.1) is 30.6 Å². The molecule has 4 aromatic rings. The molecular formula is C28H28FN7O2. The quantitative estimate of drug-likeness (QED) is 0.414. The van der Waals surface area contributed by atoms with Gasteiger partial charge in [-0.05, 0) is 54.8 Å². The molecule has 1 amide bonds. The number of hydrogen-bond acceptors (Lipinski definition) is 7. The van der Waals surface area contributed by atoms with Crippen LogP contribution in [0, 0.1) is 5.82 Å². The summed E-state index contributed by atoms with van der Waals surface area (Å²) in [5, 5.41) is 4.97. The molecule has 194 valence electrons. The number of hydrogen-bond donors (Lipinski definition) is 0. The molecule has 2 atom stereocenters. The van der Waals surface area contributed by atoms with Gasteiger partial charge in [-0.2, -0.15) is 0 Å². The number of morpholine rings is 1. The summed E-state index contributed by atoms with van der Waals surface area (Å²) in [4.78, 5) is 28.1. The fourth-order valence-electron chi connectivity index (χ4n) is 5.93. The second-order valence-corrected chi connectivity index (χ2v) is 10.1. The monoisotopic (exact) mass is 513 g/mol. The molecule has 10 heteroatoms. The zero-order chi connectivity index (χ0) is 25.6. The number of halogens is 1. The molecule has 3 aliphatic rings. The smallest absolute Gasteiger partial charge is 0.249 e. The molecule has 6 heterocycles. The number of piperazine rings is 1. The average Bonchev–Trinajstić information content (AvgIpc) is 3.60. The summed E-state index contributed by atoms with van der Waals surface area (Å²) in [6.07, 6.45) is 3.78. The number of rotatable bonds is 4. The third kappa shape index (κ3) is 4.05. The molecule has 1 aromatic carbocycles. The number of amides is 1. The Kier molecular flexibility index (Phi) is 5.69. The predicted molar refractivity (Wildman–Crippen MR) is 140 cm³/mol. The molecule has 2 unspecified atom stereocenters. The van der Waals surface area contributed by atoms with E-state index in [1.807, 2.05) is 45.8 Å². The minimum Gasteiger partial charge on any atom is -0.369 e. The van der Waals surface area contributed by atoms with Crippen molar-refractivity contribution in [3.05, 3.63) is 72.2 Å². The third-order valence-corrected chi connectivity index (χ3v) is 7.79. The van der Waals surface area contributed by atoms with Crippen molar-refractivity contribution in [3.8, 4) is 11.4 Å². The van der Waals surface area contributed by atoms with Gasteiger partial charge in [0.1, 0.15) is 29.8 Å². The lowest BCUT2D eigenvalue weighted by molar-refractivity contribution is -0.148. The Morgan fingerprint density at radius 2 is 1.89 bits per heavy atom. The van der Waals surface area contributed by atoms with E-state index in [2.05, 4.69) is 14.8 Å². The van der Waals surface area contributed by atoms with Gasteiger partial charge in [-0.25, -0.2) is 18.9 Å². The molecule has 9 nitrogen and oxygen atoms in total. The van der Waals surface area contributed by atoms with E-state index in [1.54, 1.807) is 18.3 Å². The highest BCUT2D eigenvalue weighted by atomic mass is 19.1. The van der Waals surface area contributed by atoms with Gasteiger partial charge in [0.2, 0.25) is 5.91 Å². The van der Waals surface area contributed by atoms with Gasteiger partial charge in [-0.1, -0.05) is 18.2 Å². The molecule has 0 saturated carbocycles. The second-order valence-electron chi connectivity index (χ2n) is 10.1. The number of fused-ring (bicyclic) bond motifs is 2. The normalized spacial score (nSPS) is 21.8. The highest BCUT2D eigenvalue weighted by molar-refractivity contribution is 5.79. The van der Waals surface area contributed by atoms with Crippen molar-refractivity contribution in [1.82, 2.24) is 24.5 Å². The Morgan fingerprint density at radius 3 is 2.82 bits per heavy atom. The zero-order valence-electron chi connectivity index (χ0n) is 20.9. The Hall–Kier alpha value is -4.05. The first-order valence-corrected chi connectivity index (χ1v) is 13.1. The van der Waals surface area contributed by atoms with Crippen LogP contribution in [0.4, 0.5) is 16.0 Å². The summed E-state index contributed by atoms with van der Waals surface area (Å²) >= 11 is 0. The van der Waals surface area contributed by atoms with Gasteiger partial charge in [0.15, 0.2) is 5.65 Å². The van der Waals surface area contributed by atoms with Crippen LogP contribution in [-0.4, -0.2) is 75.8 Å². The Morgan fingerprint density at radius 1 is 0.974 bits per heavy atom. The van der Waals surface area contributed by atoms with Crippen LogP contribution < -0.4 is 9.80 Å². The Labute approximate surface area is 219 Å². The Balaban J connectivity index is 1.18. The molecule has 7 rings (SSSR count). The molecule has 0 aliphatic carbocycles. The number of nitrogens with zero attached hydrogens (tertiary/aromatic N) is 7. The highest BCUT2D eigenvalue weighted by Crippen LogP contribution is 2.36. The number of benzene rings is 1. The van der Waals surface area contributed by atoms with E-state index in [-0.39, 0.29) is 30.4 Å². The minimum atomic E-state index is -0.218. The number of imidazole rings is 1. The van der Waals surface area contributed by atoms with Crippen LogP contribution in [-0.2, 0) is 9.53 Å². The molecule has 3 aromatic heterocycles. The number of carbonyl (C=O) groups excluding carboxylic acids is 1. The molecule has 38 heavy (non-hydrogen) atoms. The first-order valence-electron chi connectivity index (χ1n) is 13.1. The third-order valence-electron chi connectivity index (χ3n) is 7.79. The van der Waals surface area contributed by atoms with Crippen molar-refractivity contribution >= 4 is 23.2 Å². The van der Waals surface area contributed by atoms with Crippen LogP contribution in [0.5, 0.6) is 0 Å². The maximum Gasteiger partial charge on any atom is 0.249 e. The van der Waals surface area contributed by atoms with Gasteiger partial charge in [0.25, 0.3) is 0 Å². The highest BCUT2D eigenvalue weighted by Gasteiger charge is 2.34. The summed E-state index contributed by atoms with van der Waals surface area (Å²) in [6, 6.07) is 16.9. The van der Waals surface area contributed by atoms with Gasteiger partial charge in [0, 0.05) is 26.2 Å². The van der Waals surface area contributed by atoms with Crippen LogP contribution in [0.2, 0.25) is 0 Å². The predicted octanol–water partition coefficient (Wildman–Crippen LogP) is 3.32. The summed E-state index contributed by atoms with van der Waals surface area (Å²) in [5.41, 5.74) is 3.29. The van der Waals surface area contributed by atoms with E-state index in [9.17, 15) is 9.18 Å². The summed E-state index contributed by atoms with van der Waals surface area (Å²) < 4.78 is 21.3. The SMILES string of the molecule is O=C1COCC2CN(c3cccc(-c4cnc5ccc(N6CCCC6c6cccc(F)c6)nn45)n3)CCN12. The Bertz CT molecular complexity index is 1510. The maximum absolute atomic E-state index is 13.9. The van der Waals surface area contributed by atoms with Crippen LogP contribution in [0.15, 0.2) is 60.8 Å². The minimum absolute atomic E-state index is 0.0435. The van der Waals surface area contributed by atoms with Crippen molar-refractivity contribution < 1.29 is 13.9 Å². The zero-order valence-corrected chi connectivity index (χ0v) is 20.9. The van der Waals surface area contributed by atoms with Crippen LogP contribution in [0.25, 0.3) is 17.0 Å². The van der Waals surface area contributed by atoms with Crippen molar-refractivity contribution in [2.45, 2.75) is 24.9 Å². The van der Waals surface area contributed by atoms with E-state index in [1.165, 1.54) is 6.07 Å². The number of anilines is 2. The number of pyridine rings is 1. The molecule has 0 spiro atoms. The lowest BCUT2D eigenvalue weighted by Crippen LogP contribution is -2.60. The average molecular weight is 514 g/mol. The first-order chi connectivity index (χ1) is 18.6. The standard InChI is InChI=1S/C28H28FN7O2/c29-20-5-1-4-19(14-20)23-7-3-11-35(23)27-10-9-25-30-15-24(36(25)32-27)22-6-2-8-26(31-22)33-12-13-34-21(16-33)17-38-18-28(34)37/h1-2,4-6,8-10,14-15,21,23H,3,7,11-13,16-18H2. The topological polar surface area (TPSA) is 79.1 Å². The van der Waals surface area contributed by atoms with Crippen LogP contribution >= 0.6 is 0 Å². The van der Waals surface area contributed by atoms with E-state index < -0.39 is 0 Å². The fourth-order valence-corrected chi connectivity index (χ4v) is 5.93. The van der Waals surface area contributed by atoms with Crippen LogP contribution in [0.3, 0.4) is 0 Å². The van der Waals surface area contributed by atoms with E-state index in [0.29, 0.717) is 19.7 Å². The van der Waals surface area contributed by atoms with Crippen molar-refractivity contribution in [3.63, 3.8) is 0 Å². The summed E-state index contributed by atoms with van der Waals surface area (Å²) in [6.45, 7) is 3.67. The van der Waals surface area contributed by atoms with Gasteiger partial charge < -0.3 is 19.4 Å². The van der Waals surface area contributed by atoms with Crippen LogP contribution in [0.1, 0.15) is 24.4 Å². The van der Waals surface area contributed by atoms with Gasteiger partial charge >= 0.3 is 0 Å². The molecule has 0 bridgehead atoms. The number of aromatic nitrogens is 4. The number of carbonyl (C=O) groups is 1. The molecule has 0 radical (unpaired) electrons. The van der Waals surface area contributed by atoms with Gasteiger partial charge in [-0.15, -0.1) is 5.10 Å². The summed E-state index contributed by atoms with van der Waals surface area (Å²) in [5.74, 6) is 1.53. The van der Waals surface area contributed by atoms with E-state index in [0.717, 1.165) is 60.2 Å². The second kappa shape index (κ2) is 9.36. The molecule has 3 fully saturated rings. The molecule has 3 aliphatic heterocycles. The maximum atomic E-state index is 13.9. The lowest BCUT2D eigenvalue weighted by Gasteiger charge is -2.44. The van der Waals surface area contributed by atoms with Gasteiger partial charge in [-0.3, -0.25) is 4.79 Å². The lowest BCUT2D eigenvalue weighted by atomic mass is 10.0. The van der Waals surface area contributed by atoms with Crippen molar-refractivity contribution in [1.29, 1.82) is 0 Å². The van der Waals surface area contributed by atoms with Crippen molar-refractivity contribution in [2.24, 2.45) is 0 Å². The van der Waals surface area contributed by atoms with Crippen molar-refractivity contribution in [2.75, 3.05) is 49.2 Å².